The van der Waals surface area contributed by atoms with Crippen molar-refractivity contribution in [3.8, 4) is 17.6 Å². The third kappa shape index (κ3) is 3.33. The molecule has 0 heterocycles. The van der Waals surface area contributed by atoms with Gasteiger partial charge in [-0.25, -0.2) is 0 Å². The highest BCUT2D eigenvalue weighted by Crippen LogP contribution is 2.65. The zero-order valence-electron chi connectivity index (χ0n) is 21.6. The SMILES string of the molecule is CC(=O)C#Cc1ccc(O)c2c1C[C@]1(C)C[C@]3(C)C(C(C)C)C(O)=C(C(C)=O)C(=O)[C@]3(O)C(O)=C1C2=O. The van der Waals surface area contributed by atoms with E-state index in [1.807, 2.05) is 0 Å². The van der Waals surface area contributed by atoms with Crippen molar-refractivity contribution in [3.63, 3.8) is 0 Å². The maximum absolute atomic E-state index is 13.9. The van der Waals surface area contributed by atoms with Gasteiger partial charge in [-0.05, 0) is 49.3 Å². The minimum atomic E-state index is -2.65. The Morgan fingerprint density at radius 1 is 1.08 bits per heavy atom. The molecule has 3 aliphatic carbocycles. The van der Waals surface area contributed by atoms with Crippen LogP contribution < -0.4 is 0 Å². The predicted molar refractivity (Wildman–Crippen MR) is 133 cm³/mol. The smallest absolute Gasteiger partial charge is 0.209 e. The van der Waals surface area contributed by atoms with Crippen LogP contribution in [0.25, 0.3) is 0 Å². The Labute approximate surface area is 214 Å². The number of allylic oxidation sites excluding steroid dienone is 2. The minimum Gasteiger partial charge on any atom is -0.511 e. The number of phenols is 1. The van der Waals surface area contributed by atoms with Crippen molar-refractivity contribution < 1.29 is 39.6 Å². The fraction of sp³-hybridized carbons (Fsp3) is 0.448. The normalized spacial score (nSPS) is 30.9. The molecule has 8 nitrogen and oxygen atoms in total. The number of hydrogen-bond donors (Lipinski definition) is 4. The summed E-state index contributed by atoms with van der Waals surface area (Å²) in [5, 5.41) is 45.3. The Hall–Kier alpha value is -3.70. The Morgan fingerprint density at radius 3 is 2.24 bits per heavy atom. The van der Waals surface area contributed by atoms with Gasteiger partial charge in [-0.1, -0.05) is 33.6 Å². The average molecular weight is 507 g/mol. The van der Waals surface area contributed by atoms with Crippen LogP contribution >= 0.6 is 0 Å². The van der Waals surface area contributed by atoms with E-state index in [-0.39, 0.29) is 41.4 Å². The third-order valence-corrected chi connectivity index (χ3v) is 8.26. The van der Waals surface area contributed by atoms with Crippen molar-refractivity contribution in [3.05, 3.63) is 51.5 Å². The fourth-order valence-corrected chi connectivity index (χ4v) is 7.00. The summed E-state index contributed by atoms with van der Waals surface area (Å²) in [6.07, 6.45) is 0.0820. The van der Waals surface area contributed by atoms with E-state index < -0.39 is 56.8 Å². The van der Waals surface area contributed by atoms with Gasteiger partial charge in [0.2, 0.25) is 11.6 Å². The van der Waals surface area contributed by atoms with E-state index in [4.69, 9.17) is 0 Å². The van der Waals surface area contributed by atoms with Gasteiger partial charge in [-0.2, -0.15) is 0 Å². The van der Waals surface area contributed by atoms with Crippen LogP contribution in [0, 0.1) is 34.5 Å². The Morgan fingerprint density at radius 2 is 1.70 bits per heavy atom. The quantitative estimate of drug-likeness (QED) is 0.353. The van der Waals surface area contributed by atoms with E-state index >= 15 is 0 Å². The molecule has 0 bridgehead atoms. The Balaban J connectivity index is 2.07. The summed E-state index contributed by atoms with van der Waals surface area (Å²) in [4.78, 5) is 51.4. The molecule has 37 heavy (non-hydrogen) atoms. The molecular weight excluding hydrogens is 476 g/mol. The molecule has 3 aliphatic rings. The Bertz CT molecular complexity index is 1430. The van der Waals surface area contributed by atoms with Crippen molar-refractivity contribution in [2.75, 3.05) is 0 Å². The van der Waals surface area contributed by atoms with Crippen LogP contribution in [0.5, 0.6) is 5.75 Å². The summed E-state index contributed by atoms with van der Waals surface area (Å²) in [5.41, 5.74) is -5.49. The first-order valence-electron chi connectivity index (χ1n) is 12.1. The molecule has 4 atom stereocenters. The first-order valence-corrected chi connectivity index (χ1v) is 12.1. The molecule has 0 fully saturated rings. The zero-order valence-corrected chi connectivity index (χ0v) is 21.6. The van der Waals surface area contributed by atoms with Crippen molar-refractivity contribution in [2.24, 2.45) is 22.7 Å². The van der Waals surface area contributed by atoms with Gasteiger partial charge in [0.1, 0.15) is 22.8 Å². The summed E-state index contributed by atoms with van der Waals surface area (Å²) < 4.78 is 0. The van der Waals surface area contributed by atoms with Crippen LogP contribution in [0.2, 0.25) is 0 Å². The minimum absolute atomic E-state index is 0.0138. The number of hydrogen-bond acceptors (Lipinski definition) is 8. The summed E-state index contributed by atoms with van der Waals surface area (Å²) in [6, 6.07) is 2.77. The van der Waals surface area contributed by atoms with Crippen LogP contribution in [0.3, 0.4) is 0 Å². The second-order valence-electron chi connectivity index (χ2n) is 11.3. The van der Waals surface area contributed by atoms with Gasteiger partial charge in [0, 0.05) is 34.8 Å². The van der Waals surface area contributed by atoms with Crippen molar-refractivity contribution >= 4 is 23.1 Å². The molecule has 4 N–H and O–H groups in total. The van der Waals surface area contributed by atoms with E-state index in [2.05, 4.69) is 11.8 Å². The van der Waals surface area contributed by atoms with E-state index in [0.717, 1.165) is 6.92 Å². The van der Waals surface area contributed by atoms with Crippen molar-refractivity contribution in [1.29, 1.82) is 0 Å². The number of carbonyl (C=O) groups is 4. The van der Waals surface area contributed by atoms with Gasteiger partial charge in [-0.3, -0.25) is 19.2 Å². The topological polar surface area (TPSA) is 149 Å². The van der Waals surface area contributed by atoms with Gasteiger partial charge in [0.25, 0.3) is 0 Å². The summed E-state index contributed by atoms with van der Waals surface area (Å²) >= 11 is 0. The lowest BCUT2D eigenvalue weighted by atomic mass is 9.44. The summed E-state index contributed by atoms with van der Waals surface area (Å²) in [7, 11) is 0. The van der Waals surface area contributed by atoms with Gasteiger partial charge in [-0.15, -0.1) is 0 Å². The molecule has 1 aromatic rings. The van der Waals surface area contributed by atoms with Gasteiger partial charge in [0.05, 0.1) is 5.56 Å². The third-order valence-electron chi connectivity index (χ3n) is 8.26. The summed E-state index contributed by atoms with van der Waals surface area (Å²) in [6.45, 7) is 9.21. The lowest BCUT2D eigenvalue weighted by Crippen LogP contribution is -2.67. The number of Topliss-reactive ketones (excluding diaryl/α,β-unsaturated/α-hetero) is 4. The van der Waals surface area contributed by atoms with Crippen LogP contribution in [-0.4, -0.2) is 49.2 Å². The molecule has 1 unspecified atom stereocenters. The molecular formula is C29H30O8. The number of ketones is 4. The molecule has 0 saturated carbocycles. The number of carbonyl (C=O) groups excluding carboxylic acids is 4. The first kappa shape index (κ1) is 26.4. The maximum Gasteiger partial charge on any atom is 0.209 e. The number of aromatic hydroxyl groups is 1. The number of benzene rings is 1. The van der Waals surface area contributed by atoms with E-state index in [1.54, 1.807) is 27.7 Å². The second kappa shape index (κ2) is 8.15. The molecule has 1 aromatic carbocycles. The first-order chi connectivity index (χ1) is 17.0. The summed E-state index contributed by atoms with van der Waals surface area (Å²) in [5.74, 6) is -0.820. The predicted octanol–water partition coefficient (Wildman–Crippen LogP) is 3.29. The number of rotatable bonds is 2. The molecule has 0 spiro atoms. The number of fused-ring (bicyclic) bond motifs is 3. The van der Waals surface area contributed by atoms with E-state index in [1.165, 1.54) is 19.1 Å². The molecule has 4 rings (SSSR count). The molecule has 0 radical (unpaired) electrons. The fourth-order valence-electron chi connectivity index (χ4n) is 7.00. The highest BCUT2D eigenvalue weighted by Gasteiger charge is 2.71. The highest BCUT2D eigenvalue weighted by atomic mass is 16.3. The van der Waals surface area contributed by atoms with Crippen molar-refractivity contribution in [1.82, 2.24) is 0 Å². The Kier molecular flexibility index (Phi) is 5.81. The van der Waals surface area contributed by atoms with Crippen LogP contribution in [0.15, 0.2) is 34.8 Å². The van der Waals surface area contributed by atoms with Crippen LogP contribution in [-0.2, 0) is 20.8 Å². The van der Waals surface area contributed by atoms with E-state index in [0.29, 0.717) is 11.1 Å². The largest absolute Gasteiger partial charge is 0.511 e. The second-order valence-corrected chi connectivity index (χ2v) is 11.3. The number of aliphatic hydroxyl groups excluding tert-OH is 2. The van der Waals surface area contributed by atoms with Crippen LogP contribution in [0.1, 0.15) is 69.4 Å². The molecule has 8 heteroatoms. The van der Waals surface area contributed by atoms with Gasteiger partial charge in [0.15, 0.2) is 17.2 Å². The van der Waals surface area contributed by atoms with E-state index in [9.17, 15) is 39.6 Å². The molecule has 194 valence electrons. The maximum atomic E-state index is 13.9. The lowest BCUT2D eigenvalue weighted by Gasteiger charge is -2.59. The molecule has 0 aromatic heterocycles. The number of aliphatic hydroxyl groups is 3. The van der Waals surface area contributed by atoms with Gasteiger partial charge >= 0.3 is 0 Å². The standard InChI is InChI=1S/C29H30O8/c1-13(2)21-23(33)19(15(4)31)25(35)29(37)26(36)22-24(34)20-17(11-27(22,5)12-28(21,29)6)16(8-7-14(3)30)9-10-18(20)32/h9-10,13,21,32-33,36-37H,11-12H2,1-6H3/t21?,27-,28-,29+/m1/s1. The van der Waals surface area contributed by atoms with Crippen LogP contribution in [0.4, 0.5) is 0 Å². The number of phenolic OH excluding ortho intramolecular Hbond substituents is 1. The average Bonchev–Trinajstić information content (AvgIpc) is 2.75. The zero-order chi connectivity index (χ0) is 27.8. The monoisotopic (exact) mass is 506 g/mol. The molecule has 0 aliphatic heterocycles. The van der Waals surface area contributed by atoms with Crippen molar-refractivity contribution in [2.45, 2.75) is 60.0 Å². The molecule has 0 amide bonds. The van der Waals surface area contributed by atoms with Gasteiger partial charge < -0.3 is 20.4 Å². The lowest BCUT2D eigenvalue weighted by molar-refractivity contribution is -0.171. The molecule has 0 saturated heterocycles. The highest BCUT2D eigenvalue weighted by molar-refractivity contribution is 6.25.